The zero-order valence-corrected chi connectivity index (χ0v) is 12.0. The van der Waals surface area contributed by atoms with Crippen molar-refractivity contribution in [2.24, 2.45) is 0 Å². The minimum Gasteiger partial charge on any atom is -0.477 e. The van der Waals surface area contributed by atoms with Gasteiger partial charge < -0.3 is 5.11 Å². The Morgan fingerprint density at radius 2 is 2.05 bits per heavy atom. The van der Waals surface area contributed by atoms with E-state index in [9.17, 15) is 4.79 Å². The van der Waals surface area contributed by atoms with Gasteiger partial charge in [0.25, 0.3) is 0 Å². The summed E-state index contributed by atoms with van der Waals surface area (Å²) in [6.07, 6.45) is 1.49. The molecule has 0 unspecified atom stereocenters. The molecule has 0 saturated carbocycles. The first-order chi connectivity index (χ1) is 9.06. The number of nitrogens with zero attached hydrogens (tertiary/aromatic N) is 1. The van der Waals surface area contributed by atoms with Gasteiger partial charge in [0.1, 0.15) is 5.69 Å². The molecule has 3 nitrogen and oxygen atoms in total. The van der Waals surface area contributed by atoms with E-state index in [0.29, 0.717) is 15.8 Å². The molecule has 0 amide bonds. The number of carbonyl (C=O) groups is 1. The predicted molar refractivity (Wildman–Crippen MR) is 77.2 cm³/mol. The van der Waals surface area contributed by atoms with Crippen molar-refractivity contribution in [1.29, 1.82) is 0 Å². The Bertz CT molecular complexity index is 619. The molecule has 6 heteroatoms. The number of hydrogen-bond acceptors (Lipinski definition) is 3. The number of benzene rings is 1. The van der Waals surface area contributed by atoms with Gasteiger partial charge in [-0.3, -0.25) is 0 Å². The maximum Gasteiger partial charge on any atom is 0.354 e. The molecule has 98 valence electrons. The van der Waals surface area contributed by atoms with Crippen LogP contribution in [0.3, 0.4) is 0 Å². The molecule has 1 aromatic carbocycles. The number of pyridine rings is 1. The second-order valence-corrected chi connectivity index (χ2v) is 5.58. The van der Waals surface area contributed by atoms with E-state index in [-0.39, 0.29) is 5.69 Å². The Balaban J connectivity index is 2.12. The largest absolute Gasteiger partial charge is 0.477 e. The summed E-state index contributed by atoms with van der Waals surface area (Å²) in [4.78, 5) is 15.5. The zero-order chi connectivity index (χ0) is 13.8. The molecule has 19 heavy (non-hydrogen) atoms. The van der Waals surface area contributed by atoms with Gasteiger partial charge in [0, 0.05) is 21.9 Å². The van der Waals surface area contributed by atoms with E-state index in [1.807, 2.05) is 0 Å². The highest BCUT2D eigenvalue weighted by molar-refractivity contribution is 7.98. The van der Waals surface area contributed by atoms with Crippen molar-refractivity contribution in [2.75, 3.05) is 0 Å². The standard InChI is InChI=1S/C13H9Cl2NO2S/c14-9-1-2-10(15)12(6-9)19-7-8-3-4-16-11(5-8)13(17)18/h1-6H,7H2,(H,17,18). The lowest BCUT2D eigenvalue weighted by Gasteiger charge is -2.05. The van der Waals surface area contributed by atoms with Gasteiger partial charge in [0.05, 0.1) is 5.02 Å². The average molecular weight is 314 g/mol. The summed E-state index contributed by atoms with van der Waals surface area (Å²) in [5.41, 5.74) is 0.906. The molecule has 2 rings (SSSR count). The molecule has 0 radical (unpaired) electrons. The molecular formula is C13H9Cl2NO2S. The van der Waals surface area contributed by atoms with Gasteiger partial charge in [-0.05, 0) is 35.9 Å². The summed E-state index contributed by atoms with van der Waals surface area (Å²) in [5.74, 6) is -0.435. The molecular weight excluding hydrogens is 305 g/mol. The first-order valence-corrected chi connectivity index (χ1v) is 7.06. The molecule has 1 aromatic heterocycles. The normalized spacial score (nSPS) is 10.4. The van der Waals surface area contributed by atoms with E-state index >= 15 is 0 Å². The highest BCUT2D eigenvalue weighted by Gasteiger charge is 2.07. The average Bonchev–Trinajstić information content (AvgIpc) is 2.40. The Kier molecular flexibility index (Phi) is 4.69. The number of thioether (sulfide) groups is 1. The second-order valence-electron chi connectivity index (χ2n) is 3.72. The molecule has 0 fully saturated rings. The highest BCUT2D eigenvalue weighted by Crippen LogP contribution is 2.31. The molecule has 0 spiro atoms. The van der Waals surface area contributed by atoms with Crippen molar-refractivity contribution < 1.29 is 9.90 Å². The smallest absolute Gasteiger partial charge is 0.354 e. The van der Waals surface area contributed by atoms with Crippen LogP contribution in [0.5, 0.6) is 0 Å². The van der Waals surface area contributed by atoms with Crippen LogP contribution in [0.1, 0.15) is 16.1 Å². The van der Waals surface area contributed by atoms with Crippen LogP contribution in [-0.4, -0.2) is 16.1 Å². The van der Waals surface area contributed by atoms with Gasteiger partial charge in [-0.15, -0.1) is 11.8 Å². The Morgan fingerprint density at radius 3 is 2.79 bits per heavy atom. The quantitative estimate of drug-likeness (QED) is 0.851. The third-order valence-corrected chi connectivity index (χ3v) is 4.13. The van der Waals surface area contributed by atoms with Crippen LogP contribution in [-0.2, 0) is 5.75 Å². The van der Waals surface area contributed by atoms with Crippen LogP contribution < -0.4 is 0 Å². The van der Waals surface area contributed by atoms with E-state index < -0.39 is 5.97 Å². The fourth-order valence-corrected chi connectivity index (χ4v) is 2.87. The number of carboxylic acid groups (broad SMARTS) is 1. The SMILES string of the molecule is O=C(O)c1cc(CSc2cc(Cl)ccc2Cl)ccn1. The fourth-order valence-electron chi connectivity index (χ4n) is 1.43. The third kappa shape index (κ3) is 3.86. The van der Waals surface area contributed by atoms with Gasteiger partial charge in [-0.2, -0.15) is 0 Å². The monoisotopic (exact) mass is 313 g/mol. The lowest BCUT2D eigenvalue weighted by molar-refractivity contribution is 0.0690. The summed E-state index contributed by atoms with van der Waals surface area (Å²) >= 11 is 13.5. The van der Waals surface area contributed by atoms with Crippen molar-refractivity contribution in [1.82, 2.24) is 4.98 Å². The van der Waals surface area contributed by atoms with E-state index in [0.717, 1.165) is 10.5 Å². The van der Waals surface area contributed by atoms with Crippen LogP contribution in [0.4, 0.5) is 0 Å². The van der Waals surface area contributed by atoms with Crippen LogP contribution in [0, 0.1) is 0 Å². The predicted octanol–water partition coefficient (Wildman–Crippen LogP) is 4.38. The molecule has 0 aliphatic rings. The molecule has 1 heterocycles. The summed E-state index contributed by atoms with van der Waals surface area (Å²) in [6, 6.07) is 8.57. The maximum absolute atomic E-state index is 10.8. The molecule has 1 N–H and O–H groups in total. The molecule has 0 saturated heterocycles. The summed E-state index contributed by atoms with van der Waals surface area (Å²) < 4.78 is 0. The first kappa shape index (κ1) is 14.2. The van der Waals surface area contributed by atoms with Crippen LogP contribution in [0.25, 0.3) is 0 Å². The van der Waals surface area contributed by atoms with Crippen molar-refractivity contribution in [2.45, 2.75) is 10.6 Å². The van der Waals surface area contributed by atoms with Gasteiger partial charge in [0.15, 0.2) is 0 Å². The molecule has 0 aliphatic carbocycles. The van der Waals surface area contributed by atoms with Gasteiger partial charge in [-0.1, -0.05) is 23.2 Å². The number of aromatic carboxylic acids is 1. The number of hydrogen-bond donors (Lipinski definition) is 1. The van der Waals surface area contributed by atoms with E-state index in [2.05, 4.69) is 4.98 Å². The van der Waals surface area contributed by atoms with Crippen molar-refractivity contribution in [3.63, 3.8) is 0 Å². The van der Waals surface area contributed by atoms with Gasteiger partial charge in [0.2, 0.25) is 0 Å². The van der Waals surface area contributed by atoms with Crippen LogP contribution in [0.2, 0.25) is 10.0 Å². The Labute approximate surface area is 124 Å². The van der Waals surface area contributed by atoms with E-state index in [1.165, 1.54) is 18.0 Å². The fraction of sp³-hybridized carbons (Fsp3) is 0.0769. The molecule has 0 atom stereocenters. The van der Waals surface area contributed by atoms with Crippen LogP contribution >= 0.6 is 35.0 Å². The molecule has 2 aromatic rings. The molecule has 0 bridgehead atoms. The number of carboxylic acids is 1. The maximum atomic E-state index is 10.8. The third-order valence-electron chi connectivity index (χ3n) is 2.33. The number of rotatable bonds is 4. The van der Waals surface area contributed by atoms with E-state index in [4.69, 9.17) is 28.3 Å². The van der Waals surface area contributed by atoms with Gasteiger partial charge in [-0.25, -0.2) is 9.78 Å². The summed E-state index contributed by atoms with van der Waals surface area (Å²) in [5, 5.41) is 10.1. The zero-order valence-electron chi connectivity index (χ0n) is 9.64. The summed E-state index contributed by atoms with van der Waals surface area (Å²) in [6.45, 7) is 0. The minimum absolute atomic E-state index is 0.0373. The highest BCUT2D eigenvalue weighted by atomic mass is 35.5. The van der Waals surface area contributed by atoms with Crippen molar-refractivity contribution in [3.8, 4) is 0 Å². The van der Waals surface area contributed by atoms with E-state index in [1.54, 1.807) is 30.3 Å². The lowest BCUT2D eigenvalue weighted by atomic mass is 10.2. The van der Waals surface area contributed by atoms with Crippen molar-refractivity contribution in [3.05, 3.63) is 57.8 Å². The Morgan fingerprint density at radius 1 is 1.26 bits per heavy atom. The minimum atomic E-state index is -1.03. The van der Waals surface area contributed by atoms with Gasteiger partial charge >= 0.3 is 5.97 Å². The summed E-state index contributed by atoms with van der Waals surface area (Å²) in [7, 11) is 0. The van der Waals surface area contributed by atoms with Crippen molar-refractivity contribution >= 4 is 40.9 Å². The lowest BCUT2D eigenvalue weighted by Crippen LogP contribution is -2.00. The number of aromatic nitrogens is 1. The Hall–Kier alpha value is -1.23. The molecule has 0 aliphatic heterocycles. The first-order valence-electron chi connectivity index (χ1n) is 5.32. The van der Waals surface area contributed by atoms with Crippen LogP contribution in [0.15, 0.2) is 41.4 Å². The number of halogens is 2. The second kappa shape index (κ2) is 6.28. The topological polar surface area (TPSA) is 50.2 Å².